The number of nitrogens with zero attached hydrogens (tertiary/aromatic N) is 1. The van der Waals surface area contributed by atoms with Gasteiger partial charge in [0, 0.05) is 18.0 Å². The Hall–Kier alpha value is -2.69. The van der Waals surface area contributed by atoms with Gasteiger partial charge >= 0.3 is 12.4 Å². The smallest absolute Gasteiger partial charge is 0.373 e. The molecule has 4 atom stereocenters. The normalized spacial score (nSPS) is 25.2. The number of aryl methyl sites for hydroxylation is 1. The highest BCUT2D eigenvalue weighted by atomic mass is 19.4. The van der Waals surface area contributed by atoms with E-state index in [1.54, 1.807) is 0 Å². The number of likely N-dealkylation sites (tertiary alicyclic amines) is 1. The van der Waals surface area contributed by atoms with Crippen molar-refractivity contribution in [3.05, 3.63) is 70.5 Å². The minimum Gasteiger partial charge on any atom is -0.373 e. The van der Waals surface area contributed by atoms with Crippen LogP contribution in [0.4, 0.5) is 35.1 Å². The van der Waals surface area contributed by atoms with E-state index in [2.05, 4.69) is 0 Å². The minimum absolute atomic E-state index is 0.0882. The highest BCUT2D eigenvalue weighted by Crippen LogP contribution is 2.51. The van der Waals surface area contributed by atoms with E-state index in [-0.39, 0.29) is 32.2 Å². The number of carbonyl (C=O) groups is 1. The molecule has 202 valence electrons. The lowest BCUT2D eigenvalue weighted by Gasteiger charge is -2.45. The second kappa shape index (κ2) is 8.68. The molecule has 2 aliphatic rings. The molecular formula is C26H25F8NO2. The number of amides is 1. The number of benzene rings is 2. The first-order chi connectivity index (χ1) is 16.9. The van der Waals surface area contributed by atoms with E-state index in [1.165, 1.54) is 30.3 Å². The lowest BCUT2D eigenvalue weighted by Crippen LogP contribution is -2.59. The lowest BCUT2D eigenvalue weighted by atomic mass is 9.63. The monoisotopic (exact) mass is 535 g/mol. The predicted octanol–water partition coefficient (Wildman–Crippen LogP) is 5.91. The molecule has 1 aliphatic heterocycles. The van der Waals surface area contributed by atoms with Gasteiger partial charge in [0.1, 0.15) is 5.82 Å². The molecular weight excluding hydrogens is 510 g/mol. The summed E-state index contributed by atoms with van der Waals surface area (Å²) in [6.45, 7) is 0.670. The van der Waals surface area contributed by atoms with Crippen molar-refractivity contribution in [3.63, 3.8) is 0 Å². The maximum Gasteiger partial charge on any atom is 0.426 e. The van der Waals surface area contributed by atoms with Gasteiger partial charge in [-0.25, -0.2) is 8.78 Å². The van der Waals surface area contributed by atoms with Gasteiger partial charge in [-0.2, -0.15) is 26.3 Å². The van der Waals surface area contributed by atoms with Gasteiger partial charge in [0.25, 0.3) is 5.91 Å². The van der Waals surface area contributed by atoms with Crippen LogP contribution >= 0.6 is 0 Å². The van der Waals surface area contributed by atoms with Crippen molar-refractivity contribution in [2.75, 3.05) is 6.54 Å². The molecule has 0 spiro atoms. The highest BCUT2D eigenvalue weighted by Gasteiger charge is 2.62. The fourth-order valence-electron chi connectivity index (χ4n) is 5.63. The van der Waals surface area contributed by atoms with E-state index in [9.17, 15) is 45.0 Å². The van der Waals surface area contributed by atoms with Crippen molar-refractivity contribution in [2.45, 2.75) is 74.6 Å². The fourth-order valence-corrected chi connectivity index (χ4v) is 5.63. The van der Waals surface area contributed by atoms with Gasteiger partial charge in [-0.15, -0.1) is 0 Å². The Morgan fingerprint density at radius 2 is 1.62 bits per heavy atom. The van der Waals surface area contributed by atoms with Gasteiger partial charge in [0.2, 0.25) is 11.3 Å². The van der Waals surface area contributed by atoms with Gasteiger partial charge in [0.05, 0.1) is 0 Å². The molecule has 1 N–H and O–H groups in total. The van der Waals surface area contributed by atoms with Crippen LogP contribution in [0.1, 0.15) is 48.9 Å². The number of carbonyl (C=O) groups excluding carboxylic acids is 1. The molecule has 1 heterocycles. The van der Waals surface area contributed by atoms with Crippen molar-refractivity contribution >= 4 is 5.91 Å². The van der Waals surface area contributed by atoms with Gasteiger partial charge in [-0.05, 0) is 73.9 Å². The van der Waals surface area contributed by atoms with E-state index in [4.69, 9.17) is 0 Å². The molecule has 1 amide bonds. The van der Waals surface area contributed by atoms with Crippen molar-refractivity contribution in [2.24, 2.45) is 0 Å². The number of fused-ring (bicyclic) bond motifs is 3. The number of aliphatic hydroxyl groups is 1. The first kappa shape index (κ1) is 27.3. The molecule has 2 aromatic rings. The van der Waals surface area contributed by atoms with Crippen LogP contribution in [0.2, 0.25) is 0 Å². The molecule has 1 saturated heterocycles. The maximum absolute atomic E-state index is 14.7. The van der Waals surface area contributed by atoms with Crippen molar-refractivity contribution in [1.29, 1.82) is 0 Å². The molecule has 4 rings (SSSR count). The van der Waals surface area contributed by atoms with Crippen LogP contribution in [0.15, 0.2) is 42.5 Å². The third-order valence-electron chi connectivity index (χ3n) is 7.88. The number of alkyl halides is 7. The predicted molar refractivity (Wildman–Crippen MR) is 118 cm³/mol. The van der Waals surface area contributed by atoms with Crippen LogP contribution in [0.3, 0.4) is 0 Å². The van der Waals surface area contributed by atoms with Crippen LogP contribution < -0.4 is 0 Å². The Labute approximate surface area is 208 Å². The fraction of sp³-hybridized carbons (Fsp3) is 0.500. The molecule has 0 aromatic heterocycles. The Morgan fingerprint density at radius 3 is 2.19 bits per heavy atom. The Kier molecular flexibility index (Phi) is 6.41. The van der Waals surface area contributed by atoms with Gasteiger partial charge in [-0.1, -0.05) is 30.3 Å². The second-order valence-corrected chi connectivity index (χ2v) is 10.2. The van der Waals surface area contributed by atoms with Crippen LogP contribution in [0.5, 0.6) is 0 Å². The Bertz CT molecular complexity index is 1190. The SMILES string of the molecule is CC(F)(c1ccc2c(c1)CC[C@H]1N(C(=O)[C@@](C)(O)C(F)(F)F)CC[C@@]21Cc1ccc(F)cc1)C(F)(F)F. The topological polar surface area (TPSA) is 40.5 Å². The largest absolute Gasteiger partial charge is 0.426 e. The quantitative estimate of drug-likeness (QED) is 0.495. The summed E-state index contributed by atoms with van der Waals surface area (Å²) in [6, 6.07) is 8.05. The first-order valence-corrected chi connectivity index (χ1v) is 11.7. The molecule has 1 fully saturated rings. The van der Waals surface area contributed by atoms with Gasteiger partial charge in [-0.3, -0.25) is 4.79 Å². The summed E-state index contributed by atoms with van der Waals surface area (Å²) in [4.78, 5) is 13.9. The summed E-state index contributed by atoms with van der Waals surface area (Å²) < 4.78 is 109. The average Bonchev–Trinajstić information content (AvgIpc) is 3.17. The third kappa shape index (κ3) is 4.38. The van der Waals surface area contributed by atoms with Gasteiger partial charge < -0.3 is 10.0 Å². The molecule has 2 aromatic carbocycles. The molecule has 0 bridgehead atoms. The average molecular weight is 535 g/mol. The summed E-state index contributed by atoms with van der Waals surface area (Å²) in [7, 11) is 0. The number of hydrogen-bond acceptors (Lipinski definition) is 2. The molecule has 11 heteroatoms. The molecule has 0 saturated carbocycles. The van der Waals surface area contributed by atoms with Crippen LogP contribution in [-0.4, -0.2) is 46.5 Å². The number of halogens is 8. The van der Waals surface area contributed by atoms with Crippen molar-refractivity contribution in [3.8, 4) is 0 Å². The van der Waals surface area contributed by atoms with E-state index >= 15 is 0 Å². The Morgan fingerprint density at radius 1 is 1.00 bits per heavy atom. The standard InChI is InChI=1S/C26H25F8NO2/c1-22(28,25(29,30)31)17-6-9-19-16(13-17)5-10-20-24(19,14-15-3-7-18(27)8-4-15)11-12-35(20)21(36)23(2,37)26(32,33)34/h3-4,6-9,13,20,37H,5,10-12,14H2,1-2H3/t20-,22?,23-,24-/m1/s1. The van der Waals surface area contributed by atoms with E-state index in [1.807, 2.05) is 0 Å². The zero-order valence-corrected chi connectivity index (χ0v) is 20.0. The Balaban J connectivity index is 1.81. The van der Waals surface area contributed by atoms with Crippen molar-refractivity contribution in [1.82, 2.24) is 4.90 Å². The van der Waals surface area contributed by atoms with E-state index in [0.717, 1.165) is 17.0 Å². The molecule has 0 radical (unpaired) electrons. The zero-order chi connectivity index (χ0) is 27.6. The zero-order valence-electron chi connectivity index (χ0n) is 20.0. The summed E-state index contributed by atoms with van der Waals surface area (Å²) in [5, 5.41) is 10.1. The minimum atomic E-state index is -5.23. The third-order valence-corrected chi connectivity index (χ3v) is 7.88. The maximum atomic E-state index is 14.7. The summed E-state index contributed by atoms with van der Waals surface area (Å²) >= 11 is 0. The van der Waals surface area contributed by atoms with E-state index < -0.39 is 52.4 Å². The van der Waals surface area contributed by atoms with Crippen LogP contribution in [0, 0.1) is 5.82 Å². The summed E-state index contributed by atoms with van der Waals surface area (Å²) in [5.74, 6) is -2.02. The molecule has 1 unspecified atom stereocenters. The lowest BCUT2D eigenvalue weighted by molar-refractivity contribution is -0.250. The van der Waals surface area contributed by atoms with Crippen LogP contribution in [0.25, 0.3) is 0 Å². The summed E-state index contributed by atoms with van der Waals surface area (Å²) in [5.41, 5.74) is -7.38. The molecule has 37 heavy (non-hydrogen) atoms. The molecule has 3 nitrogen and oxygen atoms in total. The highest BCUT2D eigenvalue weighted by molar-refractivity contribution is 5.86. The summed E-state index contributed by atoms with van der Waals surface area (Å²) in [6.07, 6.45) is -9.92. The first-order valence-electron chi connectivity index (χ1n) is 11.7. The van der Waals surface area contributed by atoms with Crippen LogP contribution in [-0.2, 0) is 28.7 Å². The number of rotatable bonds is 4. The number of hydrogen-bond donors (Lipinski definition) is 1. The van der Waals surface area contributed by atoms with Gasteiger partial charge in [0.15, 0.2) is 0 Å². The molecule has 1 aliphatic carbocycles. The van der Waals surface area contributed by atoms with Crippen molar-refractivity contribution < 1.29 is 45.0 Å². The van der Waals surface area contributed by atoms with E-state index in [0.29, 0.717) is 30.5 Å². The second-order valence-electron chi connectivity index (χ2n) is 10.2.